The molecule has 0 spiro atoms. The van der Waals surface area contributed by atoms with Gasteiger partial charge in [-0.15, -0.1) is 0 Å². The van der Waals surface area contributed by atoms with Gasteiger partial charge in [0.25, 0.3) is 0 Å². The van der Waals surface area contributed by atoms with Gasteiger partial charge in [-0.25, -0.2) is 4.79 Å². The molecular formula is C13H14ClF3N2O3. The van der Waals surface area contributed by atoms with Crippen molar-refractivity contribution < 1.29 is 27.8 Å². The minimum absolute atomic E-state index is 0.204. The second-order valence-corrected chi connectivity index (χ2v) is 5.36. The maximum atomic E-state index is 12.7. The summed E-state index contributed by atoms with van der Waals surface area (Å²) in [5.74, 6) is 0.211. The molecule has 0 saturated carbocycles. The molecule has 1 fully saturated rings. The number of β-amino-alcohol motifs (C(OH)–C–C–N with tert-alkyl or cyclic N) is 1. The number of anilines is 1. The summed E-state index contributed by atoms with van der Waals surface area (Å²) < 4.78 is 43.2. The van der Waals surface area contributed by atoms with Gasteiger partial charge in [-0.3, -0.25) is 0 Å². The number of likely N-dealkylation sites (tertiary alicyclic amines) is 1. The van der Waals surface area contributed by atoms with E-state index < -0.39 is 30.8 Å². The summed E-state index contributed by atoms with van der Waals surface area (Å²) >= 11 is 5.90. The zero-order chi connectivity index (χ0) is 16.5. The van der Waals surface area contributed by atoms with Crippen molar-refractivity contribution >= 4 is 23.3 Å². The normalized spacial score (nSPS) is 21.8. The number of para-hydroxylation sites is 1. The van der Waals surface area contributed by atoms with Crippen LogP contribution in [-0.4, -0.2) is 48.0 Å². The summed E-state index contributed by atoms with van der Waals surface area (Å²) in [5, 5.41) is 12.3. The van der Waals surface area contributed by atoms with Crippen LogP contribution in [0.3, 0.4) is 0 Å². The van der Waals surface area contributed by atoms with Crippen LogP contribution in [0, 0.1) is 0 Å². The Bertz CT molecular complexity index is 582. The lowest BCUT2D eigenvalue weighted by atomic mass is 10.0. The van der Waals surface area contributed by atoms with E-state index in [4.69, 9.17) is 16.3 Å². The molecule has 2 amide bonds. The zero-order valence-corrected chi connectivity index (χ0v) is 12.3. The van der Waals surface area contributed by atoms with Gasteiger partial charge in [0.1, 0.15) is 0 Å². The predicted molar refractivity (Wildman–Crippen MR) is 74.2 cm³/mol. The Labute approximate surface area is 129 Å². The molecule has 1 unspecified atom stereocenters. The Kier molecular flexibility index (Phi) is 4.44. The van der Waals surface area contributed by atoms with E-state index in [2.05, 4.69) is 5.32 Å². The highest BCUT2D eigenvalue weighted by Gasteiger charge is 2.57. The number of methoxy groups -OCH3 is 1. The molecule has 2 N–H and O–H groups in total. The molecule has 0 aliphatic carbocycles. The van der Waals surface area contributed by atoms with Gasteiger partial charge < -0.3 is 20.1 Å². The van der Waals surface area contributed by atoms with Crippen molar-refractivity contribution in [3.8, 4) is 5.75 Å². The highest BCUT2D eigenvalue weighted by molar-refractivity contribution is 6.32. The van der Waals surface area contributed by atoms with Crippen LogP contribution in [0.4, 0.5) is 23.7 Å². The maximum absolute atomic E-state index is 12.7. The number of nitrogens with one attached hydrogen (secondary N) is 1. The molecule has 22 heavy (non-hydrogen) atoms. The van der Waals surface area contributed by atoms with E-state index >= 15 is 0 Å². The number of halogens is 4. The zero-order valence-electron chi connectivity index (χ0n) is 11.6. The topological polar surface area (TPSA) is 61.8 Å². The Hall–Kier alpha value is -1.67. The first-order chi connectivity index (χ1) is 10.2. The number of nitrogens with zero attached hydrogens (tertiary/aromatic N) is 1. The summed E-state index contributed by atoms with van der Waals surface area (Å²) in [7, 11) is 1.36. The van der Waals surface area contributed by atoms with E-state index in [1.54, 1.807) is 12.1 Å². The van der Waals surface area contributed by atoms with Gasteiger partial charge in [-0.2, -0.15) is 13.2 Å². The van der Waals surface area contributed by atoms with Crippen LogP contribution < -0.4 is 10.1 Å². The number of alkyl halides is 3. The Morgan fingerprint density at radius 2 is 2.18 bits per heavy atom. The number of amides is 2. The molecule has 1 aliphatic heterocycles. The van der Waals surface area contributed by atoms with Gasteiger partial charge in [-0.1, -0.05) is 17.7 Å². The van der Waals surface area contributed by atoms with Crippen molar-refractivity contribution in [1.82, 2.24) is 4.90 Å². The van der Waals surface area contributed by atoms with Crippen LogP contribution in [0.2, 0.25) is 5.02 Å². The number of aliphatic hydroxyl groups is 1. The van der Waals surface area contributed by atoms with E-state index in [0.29, 0.717) is 0 Å². The van der Waals surface area contributed by atoms with Crippen LogP contribution in [0.25, 0.3) is 0 Å². The molecule has 122 valence electrons. The lowest BCUT2D eigenvalue weighted by Gasteiger charge is -2.26. The summed E-state index contributed by atoms with van der Waals surface area (Å²) in [6.45, 7) is -1.02. The van der Waals surface area contributed by atoms with Gasteiger partial charge >= 0.3 is 12.2 Å². The fraction of sp³-hybridized carbons (Fsp3) is 0.462. The number of carbonyl (C=O) groups is 1. The number of ether oxygens (including phenoxy) is 1. The quantitative estimate of drug-likeness (QED) is 0.871. The van der Waals surface area contributed by atoms with Crippen molar-refractivity contribution in [2.45, 2.75) is 18.2 Å². The lowest BCUT2D eigenvalue weighted by Crippen LogP contribution is -2.48. The van der Waals surface area contributed by atoms with Crippen molar-refractivity contribution in [2.24, 2.45) is 0 Å². The van der Waals surface area contributed by atoms with Crippen molar-refractivity contribution in [2.75, 3.05) is 25.5 Å². The molecule has 1 aliphatic rings. The first-order valence-corrected chi connectivity index (χ1v) is 6.73. The molecular weight excluding hydrogens is 325 g/mol. The minimum atomic E-state index is -4.78. The van der Waals surface area contributed by atoms with E-state index in [1.807, 2.05) is 0 Å². The summed E-state index contributed by atoms with van der Waals surface area (Å²) in [6, 6.07) is 3.86. The van der Waals surface area contributed by atoms with Crippen molar-refractivity contribution in [3.63, 3.8) is 0 Å². The van der Waals surface area contributed by atoms with Gasteiger partial charge in [0.15, 0.2) is 11.4 Å². The summed E-state index contributed by atoms with van der Waals surface area (Å²) in [5.41, 5.74) is -2.63. The Morgan fingerprint density at radius 3 is 2.73 bits per heavy atom. The highest BCUT2D eigenvalue weighted by atomic mass is 35.5. The molecule has 0 aromatic heterocycles. The molecule has 1 saturated heterocycles. The fourth-order valence-corrected chi connectivity index (χ4v) is 2.46. The minimum Gasteiger partial charge on any atom is -0.493 e. The maximum Gasteiger partial charge on any atom is 0.419 e. The lowest BCUT2D eigenvalue weighted by molar-refractivity contribution is -0.253. The second-order valence-electron chi connectivity index (χ2n) is 4.95. The standard InChI is InChI=1S/C13H14ClF3N2O3/c1-22-10-8(14)3-2-4-9(10)18-11(20)19-6-5-12(21,7-19)13(15,16)17/h2-4,21H,5-7H2,1H3,(H,18,20). The average molecular weight is 339 g/mol. The number of benzene rings is 1. The average Bonchev–Trinajstić information content (AvgIpc) is 2.83. The number of rotatable bonds is 2. The molecule has 1 heterocycles. The molecule has 1 atom stereocenters. The highest BCUT2D eigenvalue weighted by Crippen LogP contribution is 2.38. The van der Waals surface area contributed by atoms with Crippen LogP contribution >= 0.6 is 11.6 Å². The van der Waals surface area contributed by atoms with Crippen LogP contribution in [0.5, 0.6) is 5.75 Å². The van der Waals surface area contributed by atoms with Gasteiger partial charge in [0, 0.05) is 13.0 Å². The molecule has 5 nitrogen and oxygen atoms in total. The monoisotopic (exact) mass is 338 g/mol. The second kappa shape index (κ2) is 5.85. The van der Waals surface area contributed by atoms with Gasteiger partial charge in [-0.05, 0) is 12.1 Å². The number of hydrogen-bond acceptors (Lipinski definition) is 3. The van der Waals surface area contributed by atoms with Crippen LogP contribution in [0.1, 0.15) is 6.42 Å². The van der Waals surface area contributed by atoms with Crippen LogP contribution in [0.15, 0.2) is 18.2 Å². The largest absolute Gasteiger partial charge is 0.493 e. The number of urea groups is 1. The Balaban J connectivity index is 2.11. The van der Waals surface area contributed by atoms with Gasteiger partial charge in [0.05, 0.1) is 24.4 Å². The molecule has 1 aromatic rings. The predicted octanol–water partition coefficient (Wildman–Crippen LogP) is 2.88. The molecule has 1 aromatic carbocycles. The number of hydrogen-bond donors (Lipinski definition) is 2. The summed E-state index contributed by atoms with van der Waals surface area (Å²) in [6.07, 6.45) is -5.34. The number of carbonyl (C=O) groups excluding carboxylic acids is 1. The van der Waals surface area contributed by atoms with Gasteiger partial charge in [0.2, 0.25) is 0 Å². The van der Waals surface area contributed by atoms with E-state index in [-0.39, 0.29) is 23.0 Å². The Morgan fingerprint density at radius 1 is 1.50 bits per heavy atom. The third-order valence-corrected chi connectivity index (χ3v) is 3.77. The molecule has 2 rings (SSSR count). The van der Waals surface area contributed by atoms with E-state index in [1.165, 1.54) is 13.2 Å². The SMILES string of the molecule is COc1c(Cl)cccc1NC(=O)N1CCC(O)(C(F)(F)F)C1. The molecule has 0 radical (unpaired) electrons. The fourth-order valence-electron chi connectivity index (χ4n) is 2.21. The third kappa shape index (κ3) is 3.07. The molecule has 9 heteroatoms. The van der Waals surface area contributed by atoms with E-state index in [0.717, 1.165) is 4.90 Å². The van der Waals surface area contributed by atoms with E-state index in [9.17, 15) is 23.1 Å². The van der Waals surface area contributed by atoms with Crippen molar-refractivity contribution in [1.29, 1.82) is 0 Å². The van der Waals surface area contributed by atoms with Crippen molar-refractivity contribution in [3.05, 3.63) is 23.2 Å². The molecule has 0 bridgehead atoms. The first kappa shape index (κ1) is 16.7. The van der Waals surface area contributed by atoms with Crippen LogP contribution in [-0.2, 0) is 0 Å². The smallest absolute Gasteiger partial charge is 0.419 e. The third-order valence-electron chi connectivity index (χ3n) is 3.48. The first-order valence-electron chi connectivity index (χ1n) is 6.35. The summed E-state index contributed by atoms with van der Waals surface area (Å²) in [4.78, 5) is 12.9.